The largest absolute Gasteiger partial charge is 1.00 e. The monoisotopic (exact) mass is 334 g/mol. The Morgan fingerprint density at radius 1 is 0.636 bits per heavy atom. The summed E-state index contributed by atoms with van der Waals surface area (Å²) >= 11 is -3.11. The molecule has 1 aliphatic rings. The topological polar surface area (TPSA) is 97.3 Å². The van der Waals surface area contributed by atoms with E-state index in [2.05, 4.69) is 0 Å². The summed E-state index contributed by atoms with van der Waals surface area (Å²) in [6, 6.07) is 13.9. The summed E-state index contributed by atoms with van der Waals surface area (Å²) in [7, 11) is 0. The second-order valence-corrected chi connectivity index (χ2v) is 4.36. The molecule has 0 radical (unpaired) electrons. The van der Waals surface area contributed by atoms with Crippen LogP contribution >= 0.6 is 0 Å². The SMILES string of the molecule is O=C1c2ccccc2C(=O)c2ccccc21.O=S([O-])[O-].[Na+].[Na+]. The fourth-order valence-corrected chi connectivity index (χ4v) is 2.05. The number of benzene rings is 2. The smallest absolute Gasteiger partial charge is 0.784 e. The van der Waals surface area contributed by atoms with E-state index in [1.165, 1.54) is 0 Å². The molecule has 1 aliphatic carbocycles. The van der Waals surface area contributed by atoms with Crippen molar-refractivity contribution in [3.05, 3.63) is 70.8 Å². The van der Waals surface area contributed by atoms with E-state index in [0.29, 0.717) is 22.3 Å². The molecule has 0 fully saturated rings. The molecule has 0 aliphatic heterocycles. The Balaban J connectivity index is 0.000000665. The summed E-state index contributed by atoms with van der Waals surface area (Å²) in [5.41, 5.74) is 2.02. The molecule has 5 nitrogen and oxygen atoms in total. The van der Waals surface area contributed by atoms with E-state index in [4.69, 9.17) is 13.3 Å². The van der Waals surface area contributed by atoms with E-state index in [1.807, 2.05) is 0 Å². The molecule has 0 atom stereocenters. The summed E-state index contributed by atoms with van der Waals surface area (Å²) in [4.78, 5) is 24.2. The number of carbonyl (C=O) groups excluding carboxylic acids is 2. The van der Waals surface area contributed by atoms with Gasteiger partial charge in [-0.2, -0.15) is 0 Å². The maximum atomic E-state index is 12.1. The van der Waals surface area contributed by atoms with Gasteiger partial charge < -0.3 is 9.11 Å². The Morgan fingerprint density at radius 3 is 1.00 bits per heavy atom. The maximum absolute atomic E-state index is 12.1. The Labute approximate surface area is 174 Å². The predicted molar refractivity (Wildman–Crippen MR) is 69.4 cm³/mol. The molecule has 0 amide bonds. The van der Waals surface area contributed by atoms with Crippen LogP contribution < -0.4 is 59.1 Å². The molecule has 0 aromatic heterocycles. The predicted octanol–water partition coefficient (Wildman–Crippen LogP) is -4.53. The normalized spacial score (nSPS) is 11.2. The zero-order valence-electron chi connectivity index (χ0n) is 12.1. The second-order valence-electron chi connectivity index (χ2n) is 3.95. The van der Waals surface area contributed by atoms with Gasteiger partial charge in [0, 0.05) is 22.3 Å². The fourth-order valence-electron chi connectivity index (χ4n) is 2.05. The molecule has 102 valence electrons. The molecule has 0 saturated carbocycles. The van der Waals surface area contributed by atoms with Gasteiger partial charge in [-0.1, -0.05) is 48.5 Å². The summed E-state index contributed by atoms with van der Waals surface area (Å²) in [5, 5.41) is 0. The van der Waals surface area contributed by atoms with Crippen LogP contribution in [0.2, 0.25) is 0 Å². The van der Waals surface area contributed by atoms with Crippen molar-refractivity contribution in [3.63, 3.8) is 0 Å². The molecule has 8 heteroatoms. The molecular formula is C14H8Na2O5S. The van der Waals surface area contributed by atoms with E-state index in [1.54, 1.807) is 48.5 Å². The van der Waals surface area contributed by atoms with Crippen molar-refractivity contribution < 1.29 is 82.0 Å². The van der Waals surface area contributed by atoms with E-state index < -0.39 is 11.4 Å². The minimum Gasteiger partial charge on any atom is -0.784 e. The fraction of sp³-hybridized carbons (Fsp3) is 0. The zero-order valence-corrected chi connectivity index (χ0v) is 16.9. The number of carbonyl (C=O) groups is 2. The van der Waals surface area contributed by atoms with E-state index >= 15 is 0 Å². The van der Waals surface area contributed by atoms with Crippen LogP contribution in [0, 0.1) is 0 Å². The number of hydrogen-bond donors (Lipinski definition) is 0. The Hall–Kier alpha value is -0.150. The Bertz CT molecular complexity index is 608. The first-order chi connectivity index (χ1) is 9.52. The van der Waals surface area contributed by atoms with Gasteiger partial charge in [-0.3, -0.25) is 13.8 Å². The van der Waals surface area contributed by atoms with Crippen LogP contribution in [-0.2, 0) is 11.4 Å². The molecule has 0 heterocycles. The summed E-state index contributed by atoms with van der Waals surface area (Å²) in [5.74, 6) is -0.128. The summed E-state index contributed by atoms with van der Waals surface area (Å²) in [6.07, 6.45) is 0. The molecule has 3 rings (SSSR count). The average Bonchev–Trinajstić information content (AvgIpc) is 2.44. The van der Waals surface area contributed by atoms with Crippen molar-refractivity contribution in [1.29, 1.82) is 0 Å². The first-order valence-electron chi connectivity index (χ1n) is 5.56. The van der Waals surface area contributed by atoms with E-state index in [-0.39, 0.29) is 70.7 Å². The van der Waals surface area contributed by atoms with Crippen molar-refractivity contribution in [2.45, 2.75) is 0 Å². The minimum atomic E-state index is -3.11. The quantitative estimate of drug-likeness (QED) is 0.305. The second kappa shape index (κ2) is 9.87. The van der Waals surface area contributed by atoms with Gasteiger partial charge in [0.1, 0.15) is 0 Å². The molecular weight excluding hydrogens is 326 g/mol. The molecule has 2 aromatic rings. The van der Waals surface area contributed by atoms with Crippen LogP contribution in [0.1, 0.15) is 31.8 Å². The van der Waals surface area contributed by atoms with Crippen LogP contribution in [0.3, 0.4) is 0 Å². The molecule has 0 unspecified atom stereocenters. The van der Waals surface area contributed by atoms with Gasteiger partial charge in [0.15, 0.2) is 11.6 Å². The summed E-state index contributed by atoms with van der Waals surface area (Å²) in [6.45, 7) is 0. The van der Waals surface area contributed by atoms with Gasteiger partial charge in [0.05, 0.1) is 0 Å². The Kier molecular flexibility index (Phi) is 9.80. The van der Waals surface area contributed by atoms with Crippen molar-refractivity contribution >= 4 is 22.9 Å². The molecule has 22 heavy (non-hydrogen) atoms. The minimum absolute atomic E-state index is 0. The van der Waals surface area contributed by atoms with Crippen LogP contribution in [0.5, 0.6) is 0 Å². The first-order valence-corrected chi connectivity index (χ1v) is 6.56. The van der Waals surface area contributed by atoms with E-state index in [9.17, 15) is 9.59 Å². The van der Waals surface area contributed by atoms with Crippen molar-refractivity contribution in [2.75, 3.05) is 0 Å². The van der Waals surface area contributed by atoms with Gasteiger partial charge in [-0.15, -0.1) is 11.4 Å². The molecule has 0 spiro atoms. The number of rotatable bonds is 0. The number of ketones is 2. The average molecular weight is 334 g/mol. The molecule has 0 N–H and O–H groups in total. The first kappa shape index (κ1) is 21.9. The van der Waals surface area contributed by atoms with Crippen LogP contribution in [0.15, 0.2) is 48.5 Å². The van der Waals surface area contributed by atoms with Crippen molar-refractivity contribution in [2.24, 2.45) is 0 Å². The third-order valence-corrected chi connectivity index (χ3v) is 2.83. The molecule has 2 aromatic carbocycles. The van der Waals surface area contributed by atoms with Crippen molar-refractivity contribution in [1.82, 2.24) is 0 Å². The summed E-state index contributed by atoms with van der Waals surface area (Å²) < 4.78 is 25.3. The van der Waals surface area contributed by atoms with Crippen LogP contribution in [-0.4, -0.2) is 24.9 Å². The number of hydrogen-bond acceptors (Lipinski definition) is 5. The third-order valence-electron chi connectivity index (χ3n) is 2.83. The van der Waals surface area contributed by atoms with Crippen LogP contribution in [0.25, 0.3) is 0 Å². The van der Waals surface area contributed by atoms with E-state index in [0.717, 1.165) is 0 Å². The van der Waals surface area contributed by atoms with Crippen molar-refractivity contribution in [3.8, 4) is 0 Å². The van der Waals surface area contributed by atoms with Gasteiger partial charge in [0.25, 0.3) is 0 Å². The number of fused-ring (bicyclic) bond motifs is 2. The Morgan fingerprint density at radius 2 is 0.818 bits per heavy atom. The van der Waals surface area contributed by atoms with Gasteiger partial charge in [-0.25, -0.2) is 0 Å². The molecule has 0 bridgehead atoms. The standard InChI is InChI=1S/C14H8O2.2Na.H2O3S/c15-13-9-5-1-2-6-10(9)14(16)12-8-4-3-7-11(12)13;;;1-4(2)3/h1-8H;;;(H2,1,2,3)/q;2*+1;/p-2. The van der Waals surface area contributed by atoms with Gasteiger partial charge >= 0.3 is 59.1 Å². The van der Waals surface area contributed by atoms with Gasteiger partial charge in [-0.05, 0) is 0 Å². The molecule has 0 saturated heterocycles. The maximum Gasteiger partial charge on any atom is 1.00 e. The van der Waals surface area contributed by atoms with Crippen LogP contribution in [0.4, 0.5) is 0 Å². The van der Waals surface area contributed by atoms with Gasteiger partial charge in [0.2, 0.25) is 0 Å². The third kappa shape index (κ3) is 4.92. The zero-order chi connectivity index (χ0) is 14.7.